The Morgan fingerprint density at radius 1 is 1.27 bits per heavy atom. The SMILES string of the molecule is CCN(CC)c1cccc(S(=O)(=O)[O-])c1. The lowest BCUT2D eigenvalue weighted by Gasteiger charge is -2.21. The van der Waals surface area contributed by atoms with Crippen LogP contribution in [-0.2, 0) is 10.1 Å². The smallest absolute Gasteiger partial charge is 0.124 e. The van der Waals surface area contributed by atoms with Crippen LogP contribution in [0.4, 0.5) is 5.69 Å². The van der Waals surface area contributed by atoms with Crippen molar-refractivity contribution in [2.45, 2.75) is 18.7 Å². The fourth-order valence-corrected chi connectivity index (χ4v) is 1.93. The van der Waals surface area contributed by atoms with Gasteiger partial charge in [0.15, 0.2) is 0 Å². The van der Waals surface area contributed by atoms with Crippen molar-refractivity contribution in [3.63, 3.8) is 0 Å². The minimum atomic E-state index is -4.35. The summed E-state index contributed by atoms with van der Waals surface area (Å²) in [6.45, 7) is 5.50. The normalized spacial score (nSPS) is 11.4. The van der Waals surface area contributed by atoms with Crippen LogP contribution in [0.1, 0.15) is 13.8 Å². The van der Waals surface area contributed by atoms with Gasteiger partial charge in [0.05, 0.1) is 4.90 Å². The van der Waals surface area contributed by atoms with Crippen molar-refractivity contribution in [1.82, 2.24) is 0 Å². The largest absolute Gasteiger partial charge is 0.744 e. The molecule has 0 aliphatic rings. The van der Waals surface area contributed by atoms with Crippen LogP contribution < -0.4 is 4.90 Å². The fraction of sp³-hybridized carbons (Fsp3) is 0.400. The van der Waals surface area contributed by atoms with Crippen LogP contribution in [0.3, 0.4) is 0 Å². The summed E-state index contributed by atoms with van der Waals surface area (Å²) in [6.07, 6.45) is 0. The summed E-state index contributed by atoms with van der Waals surface area (Å²) in [7, 11) is -4.35. The maximum atomic E-state index is 10.8. The van der Waals surface area contributed by atoms with Crippen molar-refractivity contribution in [1.29, 1.82) is 0 Å². The molecule has 0 aliphatic heterocycles. The maximum absolute atomic E-state index is 10.8. The van der Waals surface area contributed by atoms with Gasteiger partial charge in [0.1, 0.15) is 10.1 Å². The molecule has 5 heteroatoms. The minimum Gasteiger partial charge on any atom is -0.744 e. The number of hydrogen-bond donors (Lipinski definition) is 0. The van der Waals surface area contributed by atoms with Gasteiger partial charge in [0.2, 0.25) is 0 Å². The Morgan fingerprint density at radius 2 is 1.87 bits per heavy atom. The van der Waals surface area contributed by atoms with Crippen molar-refractivity contribution in [2.24, 2.45) is 0 Å². The zero-order valence-electron chi connectivity index (χ0n) is 8.80. The number of nitrogens with zero attached hydrogens (tertiary/aromatic N) is 1. The van der Waals surface area contributed by atoms with Crippen molar-refractivity contribution in [3.05, 3.63) is 24.3 Å². The molecule has 1 aromatic carbocycles. The molecule has 1 aromatic rings. The summed E-state index contributed by atoms with van der Waals surface area (Å²) >= 11 is 0. The molecular formula is C10H14NO3S-. The lowest BCUT2D eigenvalue weighted by molar-refractivity contribution is 0.463. The van der Waals surface area contributed by atoms with E-state index in [1.54, 1.807) is 12.1 Å². The summed E-state index contributed by atoms with van der Waals surface area (Å²) < 4.78 is 32.4. The van der Waals surface area contributed by atoms with Crippen molar-refractivity contribution >= 4 is 15.8 Å². The number of benzene rings is 1. The zero-order chi connectivity index (χ0) is 11.5. The molecular weight excluding hydrogens is 214 g/mol. The standard InChI is InChI=1S/C10H15NO3S/c1-3-11(4-2)9-6-5-7-10(8-9)15(12,13)14/h5-8H,3-4H2,1-2H3,(H,12,13,14)/p-1. The molecule has 0 saturated heterocycles. The molecule has 4 nitrogen and oxygen atoms in total. The number of anilines is 1. The van der Waals surface area contributed by atoms with Crippen LogP contribution in [0.5, 0.6) is 0 Å². The predicted molar refractivity (Wildman–Crippen MR) is 58.0 cm³/mol. The van der Waals surface area contributed by atoms with Gasteiger partial charge >= 0.3 is 0 Å². The van der Waals surface area contributed by atoms with E-state index in [-0.39, 0.29) is 4.90 Å². The third kappa shape index (κ3) is 2.94. The average molecular weight is 228 g/mol. The Hall–Kier alpha value is -1.07. The van der Waals surface area contributed by atoms with E-state index in [2.05, 4.69) is 0 Å². The number of hydrogen-bond acceptors (Lipinski definition) is 4. The first-order chi connectivity index (χ1) is 6.99. The monoisotopic (exact) mass is 228 g/mol. The highest BCUT2D eigenvalue weighted by Gasteiger charge is 2.05. The van der Waals surface area contributed by atoms with Crippen LogP contribution in [0.15, 0.2) is 29.2 Å². The third-order valence-electron chi connectivity index (χ3n) is 2.23. The second-order valence-corrected chi connectivity index (χ2v) is 4.50. The summed E-state index contributed by atoms with van der Waals surface area (Å²) in [5.41, 5.74) is 0.761. The van der Waals surface area contributed by atoms with E-state index in [1.807, 2.05) is 18.7 Å². The predicted octanol–water partition coefficient (Wildman–Crippen LogP) is 1.44. The number of rotatable bonds is 4. The lowest BCUT2D eigenvalue weighted by Crippen LogP contribution is -2.21. The van der Waals surface area contributed by atoms with Gasteiger partial charge < -0.3 is 9.45 Å². The van der Waals surface area contributed by atoms with Gasteiger partial charge in [-0.2, -0.15) is 0 Å². The van der Waals surface area contributed by atoms with E-state index in [4.69, 9.17) is 0 Å². The first-order valence-corrected chi connectivity index (χ1v) is 6.20. The molecule has 0 fully saturated rings. The summed E-state index contributed by atoms with van der Waals surface area (Å²) in [5, 5.41) is 0. The molecule has 0 bridgehead atoms. The molecule has 0 heterocycles. The zero-order valence-corrected chi connectivity index (χ0v) is 9.62. The van der Waals surface area contributed by atoms with E-state index >= 15 is 0 Å². The molecule has 0 amide bonds. The Bertz CT molecular complexity index is 424. The van der Waals surface area contributed by atoms with E-state index in [0.29, 0.717) is 0 Å². The van der Waals surface area contributed by atoms with Crippen LogP contribution in [-0.4, -0.2) is 26.1 Å². The molecule has 0 N–H and O–H groups in total. The molecule has 0 unspecified atom stereocenters. The van der Waals surface area contributed by atoms with Crippen molar-refractivity contribution in [3.8, 4) is 0 Å². The van der Waals surface area contributed by atoms with Gasteiger partial charge in [-0.3, -0.25) is 0 Å². The topological polar surface area (TPSA) is 60.4 Å². The highest BCUT2D eigenvalue weighted by molar-refractivity contribution is 7.85. The Balaban J connectivity index is 3.13. The molecule has 0 radical (unpaired) electrons. The molecule has 0 saturated carbocycles. The van der Waals surface area contributed by atoms with Crippen LogP contribution in [0.2, 0.25) is 0 Å². The van der Waals surface area contributed by atoms with E-state index in [9.17, 15) is 13.0 Å². The summed E-state index contributed by atoms with van der Waals surface area (Å²) in [5.74, 6) is 0. The Kier molecular flexibility index (Phi) is 3.71. The average Bonchev–Trinajstić information content (AvgIpc) is 2.19. The molecule has 0 atom stereocenters. The molecule has 84 valence electrons. The van der Waals surface area contributed by atoms with Gasteiger partial charge in [-0.1, -0.05) is 6.07 Å². The molecule has 0 aliphatic carbocycles. The second-order valence-electron chi connectivity index (χ2n) is 3.12. The van der Waals surface area contributed by atoms with E-state index in [0.717, 1.165) is 18.8 Å². The first-order valence-electron chi connectivity index (χ1n) is 4.80. The van der Waals surface area contributed by atoms with Gasteiger partial charge in [0, 0.05) is 18.8 Å². The van der Waals surface area contributed by atoms with Crippen LogP contribution in [0.25, 0.3) is 0 Å². The van der Waals surface area contributed by atoms with E-state index in [1.165, 1.54) is 12.1 Å². The van der Waals surface area contributed by atoms with Crippen LogP contribution >= 0.6 is 0 Å². The quantitative estimate of drug-likeness (QED) is 0.731. The lowest BCUT2D eigenvalue weighted by atomic mass is 10.3. The van der Waals surface area contributed by atoms with Gasteiger partial charge in [-0.25, -0.2) is 8.42 Å². The van der Waals surface area contributed by atoms with Crippen LogP contribution in [0, 0.1) is 0 Å². The molecule has 0 spiro atoms. The van der Waals surface area contributed by atoms with Crippen molar-refractivity contribution < 1.29 is 13.0 Å². The summed E-state index contributed by atoms with van der Waals surface area (Å²) in [4.78, 5) is 1.81. The Morgan fingerprint density at radius 3 is 2.33 bits per heavy atom. The second kappa shape index (κ2) is 4.63. The molecule has 1 rings (SSSR count). The maximum Gasteiger partial charge on any atom is 0.124 e. The van der Waals surface area contributed by atoms with Crippen molar-refractivity contribution in [2.75, 3.05) is 18.0 Å². The summed E-state index contributed by atoms with van der Waals surface area (Å²) in [6, 6.07) is 6.10. The fourth-order valence-electron chi connectivity index (χ4n) is 1.42. The Labute approximate surface area is 90.3 Å². The van der Waals surface area contributed by atoms with Gasteiger partial charge in [-0.15, -0.1) is 0 Å². The third-order valence-corrected chi connectivity index (χ3v) is 3.07. The molecule has 15 heavy (non-hydrogen) atoms. The van der Waals surface area contributed by atoms with Gasteiger partial charge in [0.25, 0.3) is 0 Å². The highest BCUT2D eigenvalue weighted by Crippen LogP contribution is 2.18. The van der Waals surface area contributed by atoms with Gasteiger partial charge in [-0.05, 0) is 32.0 Å². The van der Waals surface area contributed by atoms with E-state index < -0.39 is 10.1 Å². The first kappa shape index (κ1) is 12.0. The minimum absolute atomic E-state index is 0.174. The highest BCUT2D eigenvalue weighted by atomic mass is 32.2. The molecule has 0 aromatic heterocycles.